The number of carbonyl (C=O) groups is 3. The maximum absolute atomic E-state index is 12.0. The number of carboxylic acid groups (broad SMARTS) is 2. The minimum Gasteiger partial charge on any atom is -0.494 e. The van der Waals surface area contributed by atoms with E-state index in [0.29, 0.717) is 18.0 Å². The summed E-state index contributed by atoms with van der Waals surface area (Å²) < 4.78 is 5.15. The van der Waals surface area contributed by atoms with Gasteiger partial charge < -0.3 is 20.3 Å². The van der Waals surface area contributed by atoms with E-state index in [0.717, 1.165) is 0 Å². The predicted molar refractivity (Wildman–Crippen MR) is 112 cm³/mol. The van der Waals surface area contributed by atoms with Gasteiger partial charge in [0.25, 0.3) is 5.91 Å². The van der Waals surface area contributed by atoms with Crippen molar-refractivity contribution in [3.05, 3.63) is 95.6 Å². The Kier molecular flexibility index (Phi) is 8.14. The number of aromatic carboxylic acids is 2. The van der Waals surface area contributed by atoms with Crippen LogP contribution >= 0.6 is 0 Å². The standard InChI is InChI=1S/C14H11NO3.C9H10O3/c16-13(15-10-6-2-1-3-7-10)11-8-4-5-9-12(11)14(17)18;1-2-12-8-5-3-7(4-6-8)9(10)11/h1-9H,(H,15,16)(H,17,18);3-6H,2H2,1H3,(H,10,11). The minimum absolute atomic E-state index is 0.00840. The van der Waals surface area contributed by atoms with Crippen LogP contribution in [-0.4, -0.2) is 34.7 Å². The summed E-state index contributed by atoms with van der Waals surface area (Å²) in [7, 11) is 0. The molecule has 154 valence electrons. The van der Waals surface area contributed by atoms with E-state index >= 15 is 0 Å². The maximum atomic E-state index is 12.0. The largest absolute Gasteiger partial charge is 0.494 e. The summed E-state index contributed by atoms with van der Waals surface area (Å²) in [6.45, 7) is 2.47. The Morgan fingerprint density at radius 1 is 0.767 bits per heavy atom. The number of benzene rings is 3. The van der Waals surface area contributed by atoms with Crippen molar-refractivity contribution in [1.82, 2.24) is 0 Å². The number of ether oxygens (including phenoxy) is 1. The highest BCUT2D eigenvalue weighted by atomic mass is 16.5. The Labute approximate surface area is 173 Å². The lowest BCUT2D eigenvalue weighted by molar-refractivity contribution is 0.0684. The van der Waals surface area contributed by atoms with E-state index in [2.05, 4.69) is 5.32 Å². The van der Waals surface area contributed by atoms with E-state index in [-0.39, 0.29) is 16.7 Å². The fourth-order valence-electron chi connectivity index (χ4n) is 2.45. The molecular weight excluding hydrogens is 386 g/mol. The lowest BCUT2D eigenvalue weighted by Gasteiger charge is -2.07. The molecule has 3 aromatic carbocycles. The van der Waals surface area contributed by atoms with Crippen molar-refractivity contribution in [3.8, 4) is 5.75 Å². The second kappa shape index (κ2) is 11.0. The van der Waals surface area contributed by atoms with Gasteiger partial charge in [0.1, 0.15) is 5.75 Å². The molecule has 0 fully saturated rings. The van der Waals surface area contributed by atoms with Gasteiger partial charge >= 0.3 is 11.9 Å². The average molecular weight is 407 g/mol. The van der Waals surface area contributed by atoms with Crippen molar-refractivity contribution in [2.45, 2.75) is 6.92 Å². The van der Waals surface area contributed by atoms with E-state index in [1.807, 2.05) is 13.0 Å². The van der Waals surface area contributed by atoms with Gasteiger partial charge in [0.2, 0.25) is 0 Å². The Bertz CT molecular complexity index is 1000. The average Bonchev–Trinajstić information content (AvgIpc) is 2.75. The third kappa shape index (κ3) is 6.49. The zero-order valence-electron chi connectivity index (χ0n) is 16.2. The first kappa shape index (κ1) is 22.2. The number of hydrogen-bond acceptors (Lipinski definition) is 4. The van der Waals surface area contributed by atoms with Crippen LogP contribution in [-0.2, 0) is 0 Å². The first-order chi connectivity index (χ1) is 14.4. The summed E-state index contributed by atoms with van der Waals surface area (Å²) in [6.07, 6.45) is 0. The molecule has 0 aliphatic rings. The summed E-state index contributed by atoms with van der Waals surface area (Å²) in [4.78, 5) is 33.4. The number of carboxylic acids is 2. The smallest absolute Gasteiger partial charge is 0.336 e. The highest BCUT2D eigenvalue weighted by Crippen LogP contribution is 2.13. The molecule has 3 aromatic rings. The van der Waals surface area contributed by atoms with E-state index in [9.17, 15) is 14.4 Å². The summed E-state index contributed by atoms with van der Waals surface area (Å²) in [6, 6.07) is 21.3. The Hall–Kier alpha value is -4.13. The van der Waals surface area contributed by atoms with Crippen molar-refractivity contribution in [2.75, 3.05) is 11.9 Å². The van der Waals surface area contributed by atoms with Gasteiger partial charge in [-0.25, -0.2) is 9.59 Å². The van der Waals surface area contributed by atoms with Crippen molar-refractivity contribution >= 4 is 23.5 Å². The molecule has 3 N–H and O–H groups in total. The van der Waals surface area contributed by atoms with Gasteiger partial charge in [-0.2, -0.15) is 0 Å². The number of rotatable bonds is 6. The third-order valence-corrected chi connectivity index (χ3v) is 3.85. The number of para-hydroxylation sites is 1. The van der Waals surface area contributed by atoms with Crippen LogP contribution in [0.5, 0.6) is 5.75 Å². The molecule has 0 aromatic heterocycles. The second-order valence-electron chi connectivity index (χ2n) is 5.93. The van der Waals surface area contributed by atoms with E-state index in [1.165, 1.54) is 24.3 Å². The van der Waals surface area contributed by atoms with Crippen LogP contribution in [0.3, 0.4) is 0 Å². The fraction of sp³-hybridized carbons (Fsp3) is 0.0870. The molecule has 7 heteroatoms. The van der Waals surface area contributed by atoms with Crippen LogP contribution < -0.4 is 10.1 Å². The van der Waals surface area contributed by atoms with Gasteiger partial charge in [0.05, 0.1) is 23.3 Å². The van der Waals surface area contributed by atoms with Gasteiger partial charge in [-0.1, -0.05) is 30.3 Å². The molecule has 0 atom stereocenters. The molecule has 0 unspecified atom stereocenters. The molecule has 0 aliphatic heterocycles. The molecule has 0 aliphatic carbocycles. The Morgan fingerprint density at radius 2 is 1.33 bits per heavy atom. The first-order valence-corrected chi connectivity index (χ1v) is 9.07. The van der Waals surface area contributed by atoms with Crippen LogP contribution in [0.25, 0.3) is 0 Å². The Morgan fingerprint density at radius 3 is 1.87 bits per heavy atom. The highest BCUT2D eigenvalue weighted by molar-refractivity contribution is 6.10. The van der Waals surface area contributed by atoms with Crippen molar-refractivity contribution in [1.29, 1.82) is 0 Å². The summed E-state index contributed by atoms with van der Waals surface area (Å²) >= 11 is 0. The number of amides is 1. The van der Waals surface area contributed by atoms with Crippen LogP contribution in [0, 0.1) is 0 Å². The molecule has 0 saturated carbocycles. The summed E-state index contributed by atoms with van der Waals surface area (Å²) in [5.74, 6) is -1.77. The quantitative estimate of drug-likeness (QED) is 0.557. The lowest BCUT2D eigenvalue weighted by Crippen LogP contribution is -2.16. The van der Waals surface area contributed by atoms with Crippen molar-refractivity contribution in [3.63, 3.8) is 0 Å². The normalized spacial score (nSPS) is 9.63. The van der Waals surface area contributed by atoms with Crippen LogP contribution in [0.4, 0.5) is 5.69 Å². The minimum atomic E-state index is -1.12. The van der Waals surface area contributed by atoms with E-state index in [1.54, 1.807) is 48.5 Å². The van der Waals surface area contributed by atoms with Crippen LogP contribution in [0.1, 0.15) is 38.0 Å². The molecule has 30 heavy (non-hydrogen) atoms. The van der Waals surface area contributed by atoms with Gasteiger partial charge in [0.15, 0.2) is 0 Å². The Balaban J connectivity index is 0.000000232. The van der Waals surface area contributed by atoms with Gasteiger partial charge in [0, 0.05) is 5.69 Å². The number of hydrogen-bond donors (Lipinski definition) is 3. The second-order valence-corrected chi connectivity index (χ2v) is 5.93. The number of nitrogens with one attached hydrogen (secondary N) is 1. The van der Waals surface area contributed by atoms with E-state index in [4.69, 9.17) is 14.9 Å². The maximum Gasteiger partial charge on any atom is 0.336 e. The lowest BCUT2D eigenvalue weighted by atomic mass is 10.1. The zero-order chi connectivity index (χ0) is 21.9. The SMILES string of the molecule is CCOc1ccc(C(=O)O)cc1.O=C(O)c1ccccc1C(=O)Nc1ccccc1. The van der Waals surface area contributed by atoms with Gasteiger partial charge in [-0.3, -0.25) is 4.79 Å². The molecule has 1 amide bonds. The molecule has 7 nitrogen and oxygen atoms in total. The van der Waals surface area contributed by atoms with Crippen molar-refractivity contribution < 1.29 is 29.3 Å². The summed E-state index contributed by atoms with van der Waals surface area (Å²) in [5, 5.41) is 20.2. The van der Waals surface area contributed by atoms with Crippen LogP contribution in [0.15, 0.2) is 78.9 Å². The predicted octanol–water partition coefficient (Wildman–Crippen LogP) is 4.42. The molecule has 0 spiro atoms. The van der Waals surface area contributed by atoms with Crippen LogP contribution in [0.2, 0.25) is 0 Å². The molecule has 0 radical (unpaired) electrons. The molecule has 3 rings (SSSR count). The van der Waals surface area contributed by atoms with Crippen molar-refractivity contribution in [2.24, 2.45) is 0 Å². The molecule has 0 heterocycles. The monoisotopic (exact) mass is 407 g/mol. The topological polar surface area (TPSA) is 113 Å². The number of anilines is 1. The number of carbonyl (C=O) groups excluding carboxylic acids is 1. The van der Waals surface area contributed by atoms with Gasteiger partial charge in [-0.15, -0.1) is 0 Å². The van der Waals surface area contributed by atoms with E-state index < -0.39 is 17.8 Å². The molecular formula is C23H21NO6. The highest BCUT2D eigenvalue weighted by Gasteiger charge is 2.15. The fourth-order valence-corrected chi connectivity index (χ4v) is 2.45. The summed E-state index contributed by atoms with van der Waals surface area (Å²) in [5.41, 5.74) is 1.04. The molecule has 0 bridgehead atoms. The molecule has 0 saturated heterocycles. The van der Waals surface area contributed by atoms with Gasteiger partial charge in [-0.05, 0) is 55.5 Å². The first-order valence-electron chi connectivity index (χ1n) is 9.07. The third-order valence-electron chi connectivity index (χ3n) is 3.85. The zero-order valence-corrected chi connectivity index (χ0v) is 16.2.